The Morgan fingerprint density at radius 1 is 1.14 bits per heavy atom. The van der Waals surface area contributed by atoms with E-state index in [2.05, 4.69) is 57.3 Å². The van der Waals surface area contributed by atoms with Gasteiger partial charge in [-0.05, 0) is 41.3 Å². The van der Waals surface area contributed by atoms with Crippen molar-refractivity contribution in [3.63, 3.8) is 0 Å². The summed E-state index contributed by atoms with van der Waals surface area (Å²) in [4.78, 5) is 11.2. The first-order chi connectivity index (χ1) is 10.1. The standard InChI is InChI=1S/C19H31NO2/c1-13(2)17(18(21)22)20-12-14(3)11-15-7-9-16(10-8-15)19(4,5)6/h7-10,13-14,17,20H,11-12H2,1-6H3,(H,21,22)/t14?,17-/m0/s1. The second kappa shape index (κ2) is 7.77. The average Bonchev–Trinajstić information content (AvgIpc) is 2.37. The number of aliphatic carboxylic acids is 1. The van der Waals surface area contributed by atoms with E-state index in [1.807, 2.05) is 13.8 Å². The first-order valence-electron chi connectivity index (χ1n) is 8.17. The maximum Gasteiger partial charge on any atom is 0.320 e. The summed E-state index contributed by atoms with van der Waals surface area (Å²) in [6, 6.07) is 8.31. The molecule has 1 rings (SSSR count). The van der Waals surface area contributed by atoms with Crippen molar-refractivity contribution in [2.45, 2.75) is 59.4 Å². The highest BCUT2D eigenvalue weighted by atomic mass is 16.4. The van der Waals surface area contributed by atoms with Gasteiger partial charge in [0, 0.05) is 0 Å². The van der Waals surface area contributed by atoms with E-state index in [4.69, 9.17) is 0 Å². The van der Waals surface area contributed by atoms with Crippen LogP contribution < -0.4 is 5.32 Å². The third-order valence-corrected chi connectivity index (χ3v) is 4.02. The molecule has 0 aliphatic heterocycles. The van der Waals surface area contributed by atoms with Crippen molar-refractivity contribution < 1.29 is 9.90 Å². The Bertz CT molecular complexity index is 471. The van der Waals surface area contributed by atoms with Gasteiger partial charge in [-0.3, -0.25) is 4.79 Å². The maximum atomic E-state index is 11.2. The molecule has 0 saturated heterocycles. The van der Waals surface area contributed by atoms with Gasteiger partial charge in [0.1, 0.15) is 6.04 Å². The number of hydrogen-bond acceptors (Lipinski definition) is 2. The van der Waals surface area contributed by atoms with Crippen molar-refractivity contribution in [3.8, 4) is 0 Å². The summed E-state index contributed by atoms with van der Waals surface area (Å²) in [5.41, 5.74) is 2.82. The summed E-state index contributed by atoms with van der Waals surface area (Å²) in [5, 5.41) is 12.4. The quantitative estimate of drug-likeness (QED) is 0.804. The van der Waals surface area contributed by atoms with E-state index in [0.717, 1.165) is 13.0 Å². The van der Waals surface area contributed by atoms with Crippen LogP contribution >= 0.6 is 0 Å². The third kappa shape index (κ3) is 5.80. The van der Waals surface area contributed by atoms with Gasteiger partial charge in [0.05, 0.1) is 0 Å². The van der Waals surface area contributed by atoms with Gasteiger partial charge in [-0.2, -0.15) is 0 Å². The zero-order valence-corrected chi connectivity index (χ0v) is 14.8. The molecular formula is C19H31NO2. The Kier molecular flexibility index (Phi) is 6.61. The van der Waals surface area contributed by atoms with Crippen LogP contribution in [0.2, 0.25) is 0 Å². The minimum absolute atomic E-state index is 0.0933. The van der Waals surface area contributed by atoms with Crippen molar-refractivity contribution in [3.05, 3.63) is 35.4 Å². The summed E-state index contributed by atoms with van der Waals surface area (Å²) >= 11 is 0. The normalized spacial score (nSPS) is 14.9. The summed E-state index contributed by atoms with van der Waals surface area (Å²) in [7, 11) is 0. The van der Waals surface area contributed by atoms with Gasteiger partial charge in [-0.1, -0.05) is 65.8 Å². The van der Waals surface area contributed by atoms with Crippen LogP contribution in [0.5, 0.6) is 0 Å². The molecule has 2 N–H and O–H groups in total. The third-order valence-electron chi connectivity index (χ3n) is 4.02. The largest absolute Gasteiger partial charge is 0.480 e. The lowest BCUT2D eigenvalue weighted by Crippen LogP contribution is -2.43. The van der Waals surface area contributed by atoms with E-state index in [9.17, 15) is 9.90 Å². The molecule has 0 aliphatic carbocycles. The summed E-state index contributed by atoms with van der Waals surface area (Å²) < 4.78 is 0. The van der Waals surface area contributed by atoms with Crippen molar-refractivity contribution in [1.29, 1.82) is 0 Å². The van der Waals surface area contributed by atoms with Crippen molar-refractivity contribution >= 4 is 5.97 Å². The fourth-order valence-corrected chi connectivity index (χ4v) is 2.55. The second-order valence-electron chi connectivity index (χ2n) is 7.72. The van der Waals surface area contributed by atoms with Crippen LogP contribution in [0.15, 0.2) is 24.3 Å². The molecule has 0 fully saturated rings. The minimum atomic E-state index is -0.767. The second-order valence-corrected chi connectivity index (χ2v) is 7.72. The van der Waals surface area contributed by atoms with Gasteiger partial charge >= 0.3 is 5.97 Å². The monoisotopic (exact) mass is 305 g/mol. The van der Waals surface area contributed by atoms with E-state index in [0.29, 0.717) is 5.92 Å². The Balaban J connectivity index is 2.55. The zero-order chi connectivity index (χ0) is 16.9. The molecule has 0 aliphatic rings. The van der Waals surface area contributed by atoms with Crippen LogP contribution in [0.3, 0.4) is 0 Å². The lowest BCUT2D eigenvalue weighted by molar-refractivity contribution is -0.140. The summed E-state index contributed by atoms with van der Waals surface area (Å²) in [5.74, 6) is -0.270. The molecule has 1 aromatic carbocycles. The van der Waals surface area contributed by atoms with Crippen LogP contribution in [0.25, 0.3) is 0 Å². The minimum Gasteiger partial charge on any atom is -0.480 e. The van der Waals surface area contributed by atoms with Crippen LogP contribution in [-0.4, -0.2) is 23.7 Å². The Labute approximate surface area is 135 Å². The first kappa shape index (κ1) is 18.7. The topological polar surface area (TPSA) is 49.3 Å². The number of nitrogens with one attached hydrogen (secondary N) is 1. The van der Waals surface area contributed by atoms with Gasteiger partial charge < -0.3 is 10.4 Å². The predicted molar refractivity (Wildman–Crippen MR) is 92.3 cm³/mol. The fraction of sp³-hybridized carbons (Fsp3) is 0.632. The lowest BCUT2D eigenvalue weighted by atomic mass is 9.86. The predicted octanol–water partition coefficient (Wildman–Crippen LogP) is 3.86. The number of carboxylic acids is 1. The molecule has 1 aromatic rings. The number of benzene rings is 1. The van der Waals surface area contributed by atoms with Crippen LogP contribution in [0.1, 0.15) is 52.7 Å². The van der Waals surface area contributed by atoms with E-state index in [-0.39, 0.29) is 11.3 Å². The summed E-state index contributed by atoms with van der Waals surface area (Å²) in [6.45, 7) is 13.4. The fourth-order valence-electron chi connectivity index (χ4n) is 2.55. The molecule has 3 heteroatoms. The molecule has 2 atom stereocenters. The molecule has 0 radical (unpaired) electrons. The zero-order valence-electron chi connectivity index (χ0n) is 14.8. The molecule has 0 amide bonds. The Morgan fingerprint density at radius 3 is 2.09 bits per heavy atom. The van der Waals surface area contributed by atoms with Crippen molar-refractivity contribution in [2.75, 3.05) is 6.54 Å². The average molecular weight is 305 g/mol. The smallest absolute Gasteiger partial charge is 0.320 e. The van der Waals surface area contributed by atoms with E-state index in [1.165, 1.54) is 11.1 Å². The van der Waals surface area contributed by atoms with E-state index < -0.39 is 12.0 Å². The highest BCUT2D eigenvalue weighted by Gasteiger charge is 2.21. The highest BCUT2D eigenvalue weighted by Crippen LogP contribution is 2.22. The molecule has 3 nitrogen and oxygen atoms in total. The Morgan fingerprint density at radius 2 is 1.68 bits per heavy atom. The van der Waals surface area contributed by atoms with Crippen LogP contribution in [0.4, 0.5) is 0 Å². The Hall–Kier alpha value is -1.35. The molecule has 124 valence electrons. The van der Waals surface area contributed by atoms with Gasteiger partial charge in [-0.25, -0.2) is 0 Å². The van der Waals surface area contributed by atoms with Gasteiger partial charge in [0.2, 0.25) is 0 Å². The summed E-state index contributed by atoms with van der Waals surface area (Å²) in [6.07, 6.45) is 0.960. The van der Waals surface area contributed by atoms with Gasteiger partial charge in [0.15, 0.2) is 0 Å². The van der Waals surface area contributed by atoms with Crippen molar-refractivity contribution in [2.24, 2.45) is 11.8 Å². The number of carbonyl (C=O) groups is 1. The maximum absolute atomic E-state index is 11.2. The van der Waals surface area contributed by atoms with Gasteiger partial charge in [-0.15, -0.1) is 0 Å². The molecule has 1 unspecified atom stereocenters. The van der Waals surface area contributed by atoms with Crippen molar-refractivity contribution in [1.82, 2.24) is 5.32 Å². The molecule has 0 saturated carbocycles. The number of hydrogen-bond donors (Lipinski definition) is 2. The lowest BCUT2D eigenvalue weighted by Gasteiger charge is -2.21. The number of carboxylic acid groups (broad SMARTS) is 1. The highest BCUT2D eigenvalue weighted by molar-refractivity contribution is 5.73. The van der Waals surface area contributed by atoms with E-state index in [1.54, 1.807) is 0 Å². The molecule has 22 heavy (non-hydrogen) atoms. The molecule has 0 heterocycles. The first-order valence-corrected chi connectivity index (χ1v) is 8.17. The molecule has 0 bridgehead atoms. The number of rotatable bonds is 7. The van der Waals surface area contributed by atoms with Crippen LogP contribution in [-0.2, 0) is 16.6 Å². The SMILES string of the molecule is CC(CN[C@H](C(=O)O)C(C)C)Cc1ccc(C(C)(C)C)cc1. The molecule has 0 aromatic heterocycles. The van der Waals surface area contributed by atoms with E-state index >= 15 is 0 Å². The molecular weight excluding hydrogens is 274 g/mol. The van der Waals surface area contributed by atoms with Gasteiger partial charge in [0.25, 0.3) is 0 Å². The van der Waals surface area contributed by atoms with Crippen LogP contribution in [0, 0.1) is 11.8 Å². The molecule has 0 spiro atoms.